The molecule has 0 radical (unpaired) electrons. The number of aryl methyl sites for hydroxylation is 1. The Morgan fingerprint density at radius 3 is 2.81 bits per heavy atom. The van der Waals surface area contributed by atoms with Crippen LogP contribution in [0, 0.1) is 5.92 Å². The maximum absolute atomic E-state index is 12.8. The van der Waals surface area contributed by atoms with Gasteiger partial charge in [0.15, 0.2) is 0 Å². The molecule has 2 atom stereocenters. The van der Waals surface area contributed by atoms with Crippen LogP contribution in [0.2, 0.25) is 0 Å². The number of hydrogen-bond donors (Lipinski definition) is 1. The number of thiazole rings is 1. The second kappa shape index (κ2) is 11.4. The summed E-state index contributed by atoms with van der Waals surface area (Å²) < 4.78 is 0. The van der Waals surface area contributed by atoms with E-state index in [0.717, 1.165) is 48.5 Å². The minimum absolute atomic E-state index is 0.0556. The quantitative estimate of drug-likeness (QED) is 0.508. The lowest BCUT2D eigenvalue weighted by Gasteiger charge is -2.22. The predicted octanol–water partition coefficient (Wildman–Crippen LogP) is 4.91. The van der Waals surface area contributed by atoms with Gasteiger partial charge in [-0.05, 0) is 57.3 Å². The third-order valence-electron chi connectivity index (χ3n) is 5.60. The Kier molecular flexibility index (Phi) is 8.61. The van der Waals surface area contributed by atoms with E-state index in [1.807, 2.05) is 32.3 Å². The van der Waals surface area contributed by atoms with Crippen LogP contribution in [0.5, 0.6) is 0 Å². The smallest absolute Gasteiger partial charge is 0.220 e. The number of aromatic nitrogens is 1. The highest BCUT2D eigenvalue weighted by atomic mass is 32.1. The van der Waals surface area contributed by atoms with E-state index in [2.05, 4.69) is 48.0 Å². The molecule has 2 unspecified atom stereocenters. The van der Waals surface area contributed by atoms with E-state index in [-0.39, 0.29) is 11.9 Å². The minimum Gasteiger partial charge on any atom is -0.353 e. The first-order valence-electron chi connectivity index (χ1n) is 11.2. The summed E-state index contributed by atoms with van der Waals surface area (Å²) in [5, 5.41) is 4.33. The Bertz CT molecular complexity index is 901. The molecule has 2 aromatic rings. The molecule has 1 N–H and O–H groups in total. The second-order valence-electron chi connectivity index (χ2n) is 8.79. The van der Waals surface area contributed by atoms with E-state index >= 15 is 0 Å². The molecule has 1 heterocycles. The van der Waals surface area contributed by atoms with Crippen molar-refractivity contribution in [2.45, 2.75) is 51.5 Å². The van der Waals surface area contributed by atoms with Gasteiger partial charge in [-0.15, -0.1) is 11.3 Å². The van der Waals surface area contributed by atoms with Crippen molar-refractivity contribution >= 4 is 23.3 Å². The fourth-order valence-corrected chi connectivity index (χ4v) is 5.21. The number of carbonyl (C=O) groups is 1. The summed E-state index contributed by atoms with van der Waals surface area (Å²) in [6.45, 7) is 7.28. The zero-order valence-corrected chi connectivity index (χ0v) is 19.9. The molecule has 0 saturated heterocycles. The maximum atomic E-state index is 12.8. The minimum atomic E-state index is 0.0556. The average molecular weight is 438 g/mol. The largest absolute Gasteiger partial charge is 0.353 e. The molecule has 0 bridgehead atoms. The number of carbonyl (C=O) groups excluding carboxylic acids is 1. The molecule has 0 fully saturated rings. The van der Waals surface area contributed by atoms with Crippen molar-refractivity contribution in [3.8, 4) is 0 Å². The normalized spacial score (nSPS) is 16.2. The van der Waals surface area contributed by atoms with Crippen LogP contribution >= 0.6 is 11.3 Å². The number of benzene rings is 1. The van der Waals surface area contributed by atoms with Gasteiger partial charge in [-0.2, -0.15) is 0 Å². The predicted molar refractivity (Wildman–Crippen MR) is 131 cm³/mol. The molecule has 5 heteroatoms. The molecule has 1 aromatic heterocycles. The number of amides is 1. The Hall–Kier alpha value is -2.24. The van der Waals surface area contributed by atoms with Crippen molar-refractivity contribution in [3.63, 3.8) is 0 Å². The zero-order valence-electron chi connectivity index (χ0n) is 19.1. The first-order valence-corrected chi connectivity index (χ1v) is 12.1. The molecule has 166 valence electrons. The van der Waals surface area contributed by atoms with Gasteiger partial charge in [0, 0.05) is 30.3 Å². The van der Waals surface area contributed by atoms with Gasteiger partial charge in [0.1, 0.15) is 0 Å². The van der Waals surface area contributed by atoms with E-state index in [4.69, 9.17) is 4.98 Å². The molecule has 1 aromatic carbocycles. The van der Waals surface area contributed by atoms with Crippen molar-refractivity contribution in [1.82, 2.24) is 15.2 Å². The van der Waals surface area contributed by atoms with Crippen molar-refractivity contribution < 1.29 is 4.79 Å². The molecule has 0 saturated carbocycles. The van der Waals surface area contributed by atoms with Gasteiger partial charge in [-0.25, -0.2) is 4.98 Å². The summed E-state index contributed by atoms with van der Waals surface area (Å²) in [7, 11) is 4.09. The van der Waals surface area contributed by atoms with Crippen molar-refractivity contribution in [3.05, 3.63) is 69.7 Å². The summed E-state index contributed by atoms with van der Waals surface area (Å²) >= 11 is 1.77. The lowest BCUT2D eigenvalue weighted by Crippen LogP contribution is -2.37. The molecule has 1 aliphatic rings. The Labute approximate surface area is 191 Å². The fourth-order valence-electron chi connectivity index (χ4n) is 4.06. The van der Waals surface area contributed by atoms with Gasteiger partial charge in [0.05, 0.1) is 10.7 Å². The van der Waals surface area contributed by atoms with Crippen LogP contribution in [0.15, 0.2) is 48.6 Å². The van der Waals surface area contributed by atoms with Crippen LogP contribution in [-0.2, 0) is 24.1 Å². The highest BCUT2D eigenvalue weighted by molar-refractivity contribution is 7.11. The SMILES string of the molecule is C=C(CC(Cc1ccccc1)NC(=O)CCc1nc2c(s1)CC(CC)C=C2)CN(C)C. The van der Waals surface area contributed by atoms with E-state index in [1.54, 1.807) is 11.3 Å². The standard InChI is InChI=1S/C26H35N3OS/c1-5-20-11-12-23-24(17-20)31-26(28-23)14-13-25(30)27-22(15-19(2)18-29(3)4)16-21-9-7-6-8-10-21/h6-12,20,22H,2,5,13-18H2,1,3-4H3,(H,27,30). The maximum Gasteiger partial charge on any atom is 0.220 e. The molecule has 4 nitrogen and oxygen atoms in total. The fraction of sp³-hybridized carbons (Fsp3) is 0.462. The first kappa shape index (κ1) is 23.4. The van der Waals surface area contributed by atoms with E-state index in [0.29, 0.717) is 18.8 Å². The highest BCUT2D eigenvalue weighted by Crippen LogP contribution is 2.29. The summed E-state index contributed by atoms with van der Waals surface area (Å²) in [6.07, 6.45) is 9.43. The lowest BCUT2D eigenvalue weighted by atomic mass is 9.96. The Balaban J connectivity index is 1.56. The third kappa shape index (κ3) is 7.44. The molecule has 0 aliphatic heterocycles. The van der Waals surface area contributed by atoms with Crippen molar-refractivity contribution in [2.75, 3.05) is 20.6 Å². The highest BCUT2D eigenvalue weighted by Gasteiger charge is 2.19. The van der Waals surface area contributed by atoms with Crippen LogP contribution in [0.1, 0.15) is 47.3 Å². The monoisotopic (exact) mass is 437 g/mol. The number of nitrogens with one attached hydrogen (secondary N) is 1. The van der Waals surface area contributed by atoms with Gasteiger partial charge >= 0.3 is 0 Å². The number of rotatable bonds is 11. The molecule has 1 amide bonds. The number of likely N-dealkylation sites (N-methyl/N-ethyl adjacent to an activating group) is 1. The van der Waals surface area contributed by atoms with Crippen LogP contribution < -0.4 is 5.32 Å². The topological polar surface area (TPSA) is 45.2 Å². The average Bonchev–Trinajstić information content (AvgIpc) is 3.14. The van der Waals surface area contributed by atoms with E-state index in [1.165, 1.54) is 10.4 Å². The number of fused-ring (bicyclic) bond motifs is 1. The summed E-state index contributed by atoms with van der Waals surface area (Å²) in [4.78, 5) is 21.0. The first-order chi connectivity index (χ1) is 14.9. The van der Waals surface area contributed by atoms with Crippen LogP contribution in [0.25, 0.3) is 6.08 Å². The van der Waals surface area contributed by atoms with Gasteiger partial charge < -0.3 is 10.2 Å². The number of allylic oxidation sites excluding steroid dienone is 1. The molecular weight excluding hydrogens is 402 g/mol. The van der Waals surface area contributed by atoms with Gasteiger partial charge in [0.2, 0.25) is 5.91 Å². The van der Waals surface area contributed by atoms with Gasteiger partial charge in [0.25, 0.3) is 0 Å². The Morgan fingerprint density at radius 1 is 1.32 bits per heavy atom. The zero-order chi connectivity index (χ0) is 22.2. The summed E-state index contributed by atoms with van der Waals surface area (Å²) in [5.74, 6) is 0.715. The lowest BCUT2D eigenvalue weighted by molar-refractivity contribution is -0.121. The van der Waals surface area contributed by atoms with E-state index < -0.39 is 0 Å². The van der Waals surface area contributed by atoms with Crippen molar-refractivity contribution in [1.29, 1.82) is 0 Å². The van der Waals surface area contributed by atoms with Gasteiger partial charge in [-0.1, -0.05) is 55.5 Å². The molecule has 0 spiro atoms. The van der Waals surface area contributed by atoms with Gasteiger partial charge in [-0.3, -0.25) is 4.79 Å². The van der Waals surface area contributed by atoms with Crippen LogP contribution in [0.4, 0.5) is 0 Å². The van der Waals surface area contributed by atoms with Crippen LogP contribution in [-0.4, -0.2) is 42.5 Å². The molecule has 1 aliphatic carbocycles. The molecule has 3 rings (SSSR count). The number of hydrogen-bond acceptors (Lipinski definition) is 4. The molecular formula is C26H35N3OS. The summed E-state index contributed by atoms with van der Waals surface area (Å²) in [5.41, 5.74) is 3.47. The Morgan fingerprint density at radius 2 is 2.10 bits per heavy atom. The third-order valence-corrected chi connectivity index (χ3v) is 6.75. The molecule has 31 heavy (non-hydrogen) atoms. The van der Waals surface area contributed by atoms with Crippen LogP contribution in [0.3, 0.4) is 0 Å². The summed E-state index contributed by atoms with van der Waals surface area (Å²) in [6, 6.07) is 10.4. The number of nitrogens with zero attached hydrogens (tertiary/aromatic N) is 2. The van der Waals surface area contributed by atoms with E-state index in [9.17, 15) is 4.79 Å². The second-order valence-corrected chi connectivity index (χ2v) is 9.96. The van der Waals surface area contributed by atoms with Crippen molar-refractivity contribution in [2.24, 2.45) is 5.92 Å².